The molecule has 1 aliphatic carbocycles. The zero-order chi connectivity index (χ0) is 25.3. The van der Waals surface area contributed by atoms with Crippen LogP contribution in [0.1, 0.15) is 59.9 Å². The van der Waals surface area contributed by atoms with Crippen molar-refractivity contribution in [3.05, 3.63) is 95.1 Å². The lowest BCUT2D eigenvalue weighted by Gasteiger charge is -2.41. The topological polar surface area (TPSA) is 95.9 Å². The summed E-state index contributed by atoms with van der Waals surface area (Å²) in [6, 6.07) is 21.1. The van der Waals surface area contributed by atoms with Crippen LogP contribution in [-0.4, -0.2) is 40.6 Å². The Kier molecular flexibility index (Phi) is 6.35. The normalized spacial score (nSPS) is 13.4. The Morgan fingerprint density at radius 2 is 1.43 bits per heavy atom. The molecule has 7 heteroatoms. The summed E-state index contributed by atoms with van der Waals surface area (Å²) in [5.41, 5.74) is 3.53. The monoisotopic (exact) mass is 472 g/mol. The van der Waals surface area contributed by atoms with Crippen molar-refractivity contribution in [2.45, 2.75) is 38.4 Å². The summed E-state index contributed by atoms with van der Waals surface area (Å²) < 4.78 is 5.17. The number of methoxy groups -OCH3 is 1. The Hall–Kier alpha value is -4.13. The summed E-state index contributed by atoms with van der Waals surface area (Å²) in [5.74, 6) is -1.38. The van der Waals surface area contributed by atoms with Gasteiger partial charge in [0.1, 0.15) is 5.54 Å². The van der Waals surface area contributed by atoms with Gasteiger partial charge in [0.05, 0.1) is 24.8 Å². The van der Waals surface area contributed by atoms with Crippen LogP contribution >= 0.6 is 0 Å². The molecule has 0 bridgehead atoms. The minimum Gasteiger partial charge on any atom is -0.478 e. The van der Waals surface area contributed by atoms with Crippen molar-refractivity contribution >= 4 is 18.0 Å². The molecule has 0 aromatic heterocycles. The molecule has 7 nitrogen and oxygen atoms in total. The molecule has 0 saturated carbocycles. The predicted octanol–water partition coefficient (Wildman–Crippen LogP) is 5.18. The third kappa shape index (κ3) is 4.25. The second kappa shape index (κ2) is 9.25. The molecule has 2 N–H and O–H groups in total. The first kappa shape index (κ1) is 24.0. The summed E-state index contributed by atoms with van der Waals surface area (Å²) in [6.45, 7) is 5.21. The third-order valence-corrected chi connectivity index (χ3v) is 6.59. The molecule has 1 aliphatic rings. The zero-order valence-corrected chi connectivity index (χ0v) is 20.1. The fraction of sp³-hybridized carbons (Fsp3) is 0.250. The first-order chi connectivity index (χ1) is 16.7. The van der Waals surface area contributed by atoms with E-state index in [1.54, 1.807) is 26.0 Å². The van der Waals surface area contributed by atoms with Crippen molar-refractivity contribution in [2.75, 3.05) is 7.11 Å². The van der Waals surface area contributed by atoms with Crippen LogP contribution in [0.2, 0.25) is 0 Å². The summed E-state index contributed by atoms with van der Waals surface area (Å²) >= 11 is 0. The lowest BCUT2D eigenvalue weighted by atomic mass is 9.94. The van der Waals surface area contributed by atoms with Crippen molar-refractivity contribution in [3.63, 3.8) is 0 Å². The number of fused-ring (bicyclic) bond motifs is 3. The van der Waals surface area contributed by atoms with E-state index in [2.05, 4.69) is 5.32 Å². The summed E-state index contributed by atoms with van der Waals surface area (Å²) in [4.78, 5) is 39.4. The molecule has 4 rings (SSSR count). The second-order valence-electron chi connectivity index (χ2n) is 9.10. The number of benzene rings is 3. The van der Waals surface area contributed by atoms with Gasteiger partial charge in [0.15, 0.2) is 0 Å². The molecule has 3 aromatic rings. The van der Waals surface area contributed by atoms with Crippen LogP contribution in [0.25, 0.3) is 11.1 Å². The van der Waals surface area contributed by atoms with Gasteiger partial charge in [-0.25, -0.2) is 9.59 Å². The number of amides is 2. The average molecular weight is 473 g/mol. The van der Waals surface area contributed by atoms with Gasteiger partial charge in [-0.3, -0.25) is 9.69 Å². The summed E-state index contributed by atoms with van der Waals surface area (Å²) in [5, 5.41) is 12.1. The van der Waals surface area contributed by atoms with E-state index in [0.29, 0.717) is 0 Å². The number of carbonyl (C=O) groups is 3. The van der Waals surface area contributed by atoms with Crippen LogP contribution < -0.4 is 5.32 Å². The Morgan fingerprint density at radius 3 is 1.91 bits per heavy atom. The maximum absolute atomic E-state index is 13.6. The van der Waals surface area contributed by atoms with Crippen molar-refractivity contribution in [3.8, 4) is 11.1 Å². The highest BCUT2D eigenvalue weighted by atomic mass is 16.5. The highest BCUT2D eigenvalue weighted by Crippen LogP contribution is 2.48. The summed E-state index contributed by atoms with van der Waals surface area (Å²) in [7, 11) is 1.31. The Morgan fingerprint density at radius 1 is 0.914 bits per heavy atom. The van der Waals surface area contributed by atoms with Gasteiger partial charge in [0.2, 0.25) is 5.91 Å². The summed E-state index contributed by atoms with van der Waals surface area (Å²) in [6.07, 6.45) is -0.611. The molecule has 3 aromatic carbocycles. The van der Waals surface area contributed by atoms with E-state index >= 15 is 0 Å². The molecular weight excluding hydrogens is 444 g/mol. The molecule has 0 aliphatic heterocycles. The highest BCUT2D eigenvalue weighted by Gasteiger charge is 2.47. The molecule has 0 saturated heterocycles. The van der Waals surface area contributed by atoms with E-state index in [1.807, 2.05) is 55.5 Å². The molecule has 1 atom stereocenters. The van der Waals surface area contributed by atoms with Crippen LogP contribution in [0.3, 0.4) is 0 Å². The van der Waals surface area contributed by atoms with E-state index < -0.39 is 29.7 Å². The van der Waals surface area contributed by atoms with E-state index in [4.69, 9.17) is 9.84 Å². The molecule has 0 radical (unpaired) electrons. The minimum atomic E-state index is -1.28. The first-order valence-corrected chi connectivity index (χ1v) is 11.4. The number of rotatable bonds is 6. The first-order valence-electron chi connectivity index (χ1n) is 11.4. The van der Waals surface area contributed by atoms with Gasteiger partial charge in [0.25, 0.3) is 0 Å². The maximum atomic E-state index is 13.6. The van der Waals surface area contributed by atoms with E-state index in [9.17, 15) is 14.4 Å². The minimum absolute atomic E-state index is 0.169. The number of hydrogen-bond acceptors (Lipinski definition) is 4. The largest absolute Gasteiger partial charge is 0.478 e. The van der Waals surface area contributed by atoms with Gasteiger partial charge in [-0.2, -0.15) is 0 Å². The number of hydrogen-bond donors (Lipinski definition) is 2. The molecule has 35 heavy (non-hydrogen) atoms. The number of carbonyl (C=O) groups excluding carboxylic acids is 2. The van der Waals surface area contributed by atoms with Gasteiger partial charge >= 0.3 is 12.1 Å². The van der Waals surface area contributed by atoms with E-state index in [1.165, 1.54) is 24.1 Å². The zero-order valence-electron chi connectivity index (χ0n) is 20.1. The lowest BCUT2D eigenvalue weighted by Crippen LogP contribution is -2.58. The maximum Gasteiger partial charge on any atom is 0.411 e. The second-order valence-corrected chi connectivity index (χ2v) is 9.10. The number of ether oxygens (including phenoxy) is 1. The Labute approximate surface area is 204 Å². The van der Waals surface area contributed by atoms with Crippen molar-refractivity contribution in [2.24, 2.45) is 0 Å². The molecule has 1 unspecified atom stereocenters. The van der Waals surface area contributed by atoms with Crippen LogP contribution in [0, 0.1) is 0 Å². The molecule has 2 amide bonds. The van der Waals surface area contributed by atoms with Crippen LogP contribution in [0.4, 0.5) is 4.79 Å². The van der Waals surface area contributed by atoms with Crippen LogP contribution in [0.5, 0.6) is 0 Å². The van der Waals surface area contributed by atoms with Crippen LogP contribution in [-0.2, 0) is 9.53 Å². The van der Waals surface area contributed by atoms with Crippen molar-refractivity contribution in [1.29, 1.82) is 0 Å². The van der Waals surface area contributed by atoms with Gasteiger partial charge in [-0.05, 0) is 60.7 Å². The standard InChI is InChI=1S/C28H28N2O5/c1-17(18-13-15-19(16-14-18)25(31)32)29-26(33)28(2,3)30(27(34)35-4)24-22-11-7-5-9-20(22)21-10-6-8-12-23(21)24/h5-17,24H,1-4H3,(H,29,33)(H,31,32). The molecule has 0 spiro atoms. The Bertz CT molecular complexity index is 1240. The number of carboxylic acids is 1. The van der Waals surface area contributed by atoms with Gasteiger partial charge in [-0.15, -0.1) is 0 Å². The molecule has 0 heterocycles. The number of aromatic carboxylic acids is 1. The fourth-order valence-electron chi connectivity index (χ4n) is 4.64. The lowest BCUT2D eigenvalue weighted by molar-refractivity contribution is -0.132. The Balaban J connectivity index is 1.68. The number of nitrogens with one attached hydrogen (secondary N) is 1. The smallest absolute Gasteiger partial charge is 0.411 e. The molecule has 180 valence electrons. The van der Waals surface area contributed by atoms with E-state index in [-0.39, 0.29) is 11.5 Å². The van der Waals surface area contributed by atoms with E-state index in [0.717, 1.165) is 27.8 Å². The molecule has 0 fully saturated rings. The van der Waals surface area contributed by atoms with Gasteiger partial charge in [0, 0.05) is 0 Å². The SMILES string of the molecule is COC(=O)N(C1c2ccccc2-c2ccccc21)C(C)(C)C(=O)NC(C)c1ccc(C(=O)O)cc1. The van der Waals surface area contributed by atoms with Crippen molar-refractivity contribution < 1.29 is 24.2 Å². The van der Waals surface area contributed by atoms with Gasteiger partial charge in [-0.1, -0.05) is 60.7 Å². The number of nitrogens with zero attached hydrogens (tertiary/aromatic N) is 1. The third-order valence-electron chi connectivity index (χ3n) is 6.59. The highest BCUT2D eigenvalue weighted by molar-refractivity contribution is 5.91. The average Bonchev–Trinajstić information content (AvgIpc) is 3.18. The van der Waals surface area contributed by atoms with Crippen LogP contribution in [0.15, 0.2) is 72.8 Å². The van der Waals surface area contributed by atoms with Crippen molar-refractivity contribution in [1.82, 2.24) is 10.2 Å². The van der Waals surface area contributed by atoms with Gasteiger partial charge < -0.3 is 15.2 Å². The molecular formula is C28H28N2O5. The quantitative estimate of drug-likeness (QED) is 0.515. The predicted molar refractivity (Wildman–Crippen MR) is 132 cm³/mol. The fourth-order valence-corrected chi connectivity index (χ4v) is 4.64. The number of carboxylic acid groups (broad SMARTS) is 1.